The summed E-state index contributed by atoms with van der Waals surface area (Å²) >= 11 is 0. The maximum absolute atomic E-state index is 12.4. The second-order valence-electron chi connectivity index (χ2n) is 4.69. The highest BCUT2D eigenvalue weighted by molar-refractivity contribution is 7.89. The SMILES string of the molecule is CCc1cc(N)c(CC)c(S(=O)(=O)NCCC(=O)NC)c1. The summed E-state index contributed by atoms with van der Waals surface area (Å²) in [5, 5.41) is 2.45. The van der Waals surface area contributed by atoms with Crippen molar-refractivity contribution in [3.8, 4) is 0 Å². The van der Waals surface area contributed by atoms with E-state index in [0.29, 0.717) is 24.1 Å². The minimum atomic E-state index is -3.67. The van der Waals surface area contributed by atoms with Crippen molar-refractivity contribution >= 4 is 21.6 Å². The third kappa shape index (κ3) is 4.44. The van der Waals surface area contributed by atoms with Crippen molar-refractivity contribution < 1.29 is 13.2 Å². The van der Waals surface area contributed by atoms with Crippen LogP contribution in [0, 0.1) is 0 Å². The molecule has 0 atom stereocenters. The smallest absolute Gasteiger partial charge is 0.240 e. The number of benzene rings is 1. The molecule has 0 aliphatic rings. The molecule has 0 unspecified atom stereocenters. The molecule has 0 aliphatic heterocycles. The van der Waals surface area contributed by atoms with Crippen LogP contribution in [-0.2, 0) is 27.7 Å². The van der Waals surface area contributed by atoms with Gasteiger partial charge in [-0.15, -0.1) is 0 Å². The molecule has 21 heavy (non-hydrogen) atoms. The number of amides is 1. The Morgan fingerprint density at radius 1 is 1.24 bits per heavy atom. The predicted molar refractivity (Wildman–Crippen MR) is 83.5 cm³/mol. The maximum atomic E-state index is 12.4. The van der Waals surface area contributed by atoms with E-state index in [9.17, 15) is 13.2 Å². The van der Waals surface area contributed by atoms with Crippen LogP contribution in [0.1, 0.15) is 31.4 Å². The summed E-state index contributed by atoms with van der Waals surface area (Å²) in [6, 6.07) is 3.46. The fourth-order valence-corrected chi connectivity index (χ4v) is 3.47. The average Bonchev–Trinajstić information content (AvgIpc) is 2.45. The van der Waals surface area contributed by atoms with Crippen molar-refractivity contribution in [1.82, 2.24) is 10.0 Å². The lowest BCUT2D eigenvalue weighted by Crippen LogP contribution is -2.30. The minimum absolute atomic E-state index is 0.0570. The first-order valence-electron chi connectivity index (χ1n) is 6.97. The molecule has 0 aliphatic carbocycles. The lowest BCUT2D eigenvalue weighted by molar-refractivity contribution is -0.120. The summed E-state index contributed by atoms with van der Waals surface area (Å²) < 4.78 is 27.3. The van der Waals surface area contributed by atoms with Gasteiger partial charge in [0.25, 0.3) is 0 Å². The van der Waals surface area contributed by atoms with Crippen molar-refractivity contribution in [2.75, 3.05) is 19.3 Å². The van der Waals surface area contributed by atoms with Crippen LogP contribution in [0.3, 0.4) is 0 Å². The van der Waals surface area contributed by atoms with Gasteiger partial charge in [0.2, 0.25) is 15.9 Å². The van der Waals surface area contributed by atoms with Gasteiger partial charge in [-0.3, -0.25) is 4.79 Å². The molecule has 0 heterocycles. The van der Waals surface area contributed by atoms with Crippen LogP contribution in [0.15, 0.2) is 17.0 Å². The first kappa shape index (κ1) is 17.5. The van der Waals surface area contributed by atoms with Crippen LogP contribution >= 0.6 is 0 Å². The lowest BCUT2D eigenvalue weighted by Gasteiger charge is -2.14. The summed E-state index contributed by atoms with van der Waals surface area (Å²) in [6.07, 6.45) is 1.33. The fraction of sp³-hybridized carbons (Fsp3) is 0.500. The molecule has 7 heteroatoms. The van der Waals surface area contributed by atoms with E-state index in [1.807, 2.05) is 19.9 Å². The molecule has 6 nitrogen and oxygen atoms in total. The number of sulfonamides is 1. The van der Waals surface area contributed by atoms with Gasteiger partial charge in [-0.25, -0.2) is 13.1 Å². The molecule has 0 saturated heterocycles. The molecule has 0 aromatic heterocycles. The van der Waals surface area contributed by atoms with Gasteiger partial charge >= 0.3 is 0 Å². The number of carbonyl (C=O) groups excluding carboxylic acids is 1. The van der Waals surface area contributed by atoms with Crippen molar-refractivity contribution in [3.05, 3.63) is 23.3 Å². The van der Waals surface area contributed by atoms with Crippen LogP contribution in [0.25, 0.3) is 0 Å². The van der Waals surface area contributed by atoms with Gasteiger partial charge in [0.05, 0.1) is 4.90 Å². The highest BCUT2D eigenvalue weighted by atomic mass is 32.2. The molecule has 1 rings (SSSR count). The topological polar surface area (TPSA) is 101 Å². The van der Waals surface area contributed by atoms with Gasteiger partial charge in [-0.05, 0) is 36.1 Å². The largest absolute Gasteiger partial charge is 0.398 e. The van der Waals surface area contributed by atoms with Gasteiger partial charge in [0.15, 0.2) is 0 Å². The minimum Gasteiger partial charge on any atom is -0.398 e. The number of hydrogen-bond donors (Lipinski definition) is 3. The van der Waals surface area contributed by atoms with Crippen molar-refractivity contribution in [2.24, 2.45) is 0 Å². The van der Waals surface area contributed by atoms with Crippen molar-refractivity contribution in [2.45, 2.75) is 38.0 Å². The maximum Gasteiger partial charge on any atom is 0.240 e. The quantitative estimate of drug-likeness (QED) is 0.648. The number of aryl methyl sites for hydroxylation is 1. The number of nitrogen functional groups attached to an aromatic ring is 1. The molecule has 0 fully saturated rings. The Labute approximate surface area is 126 Å². The van der Waals surface area contributed by atoms with Gasteiger partial charge in [-0.1, -0.05) is 13.8 Å². The van der Waals surface area contributed by atoms with E-state index in [2.05, 4.69) is 10.0 Å². The number of rotatable bonds is 7. The number of hydrogen-bond acceptors (Lipinski definition) is 4. The van der Waals surface area contributed by atoms with Crippen LogP contribution < -0.4 is 15.8 Å². The Bertz CT molecular complexity index is 612. The number of carbonyl (C=O) groups is 1. The van der Waals surface area contributed by atoms with Crippen molar-refractivity contribution in [1.29, 1.82) is 0 Å². The molecular weight excluding hydrogens is 290 g/mol. The Hall–Kier alpha value is -1.60. The third-order valence-corrected chi connectivity index (χ3v) is 4.81. The molecule has 4 N–H and O–H groups in total. The summed E-state index contributed by atoms with van der Waals surface area (Å²) in [5.41, 5.74) is 7.92. The highest BCUT2D eigenvalue weighted by Gasteiger charge is 2.20. The molecule has 0 bridgehead atoms. The Kier molecular flexibility index (Phi) is 6.17. The lowest BCUT2D eigenvalue weighted by atomic mass is 10.1. The molecule has 118 valence electrons. The third-order valence-electron chi connectivity index (χ3n) is 3.28. The molecule has 1 aromatic rings. The van der Waals surface area contributed by atoms with Crippen LogP contribution in [0.2, 0.25) is 0 Å². The normalized spacial score (nSPS) is 11.4. The molecule has 0 spiro atoms. The first-order chi connectivity index (χ1) is 9.85. The van der Waals surface area contributed by atoms with E-state index in [4.69, 9.17) is 5.73 Å². The summed E-state index contributed by atoms with van der Waals surface area (Å²) in [6.45, 7) is 3.86. The van der Waals surface area contributed by atoms with E-state index in [-0.39, 0.29) is 23.8 Å². The predicted octanol–water partition coefficient (Wildman–Crippen LogP) is 0.808. The zero-order chi connectivity index (χ0) is 16.0. The number of nitrogens with two attached hydrogens (primary N) is 1. The Morgan fingerprint density at radius 2 is 1.90 bits per heavy atom. The molecule has 1 aromatic carbocycles. The first-order valence-corrected chi connectivity index (χ1v) is 8.45. The van der Waals surface area contributed by atoms with Gasteiger partial charge in [0, 0.05) is 25.7 Å². The van der Waals surface area contributed by atoms with Crippen LogP contribution in [-0.4, -0.2) is 27.9 Å². The highest BCUT2D eigenvalue weighted by Crippen LogP contribution is 2.25. The van der Waals surface area contributed by atoms with E-state index in [0.717, 1.165) is 5.56 Å². The summed E-state index contributed by atoms with van der Waals surface area (Å²) in [5.74, 6) is -0.213. The summed E-state index contributed by atoms with van der Waals surface area (Å²) in [4.78, 5) is 11.4. The fourth-order valence-electron chi connectivity index (χ4n) is 2.05. The monoisotopic (exact) mass is 313 g/mol. The van der Waals surface area contributed by atoms with E-state index in [1.54, 1.807) is 6.07 Å². The van der Waals surface area contributed by atoms with Gasteiger partial charge in [0.1, 0.15) is 0 Å². The molecule has 0 radical (unpaired) electrons. The molecular formula is C14H23N3O3S. The second kappa shape index (κ2) is 7.42. The Balaban J connectivity index is 3.06. The number of anilines is 1. The zero-order valence-electron chi connectivity index (χ0n) is 12.7. The Morgan fingerprint density at radius 3 is 2.43 bits per heavy atom. The van der Waals surface area contributed by atoms with Crippen LogP contribution in [0.4, 0.5) is 5.69 Å². The van der Waals surface area contributed by atoms with E-state index in [1.165, 1.54) is 7.05 Å². The van der Waals surface area contributed by atoms with Crippen LogP contribution in [0.5, 0.6) is 0 Å². The van der Waals surface area contributed by atoms with E-state index < -0.39 is 10.0 Å². The van der Waals surface area contributed by atoms with Crippen molar-refractivity contribution in [3.63, 3.8) is 0 Å². The molecule has 1 amide bonds. The number of nitrogens with one attached hydrogen (secondary N) is 2. The second-order valence-corrected chi connectivity index (χ2v) is 6.43. The van der Waals surface area contributed by atoms with E-state index >= 15 is 0 Å². The van der Waals surface area contributed by atoms with Gasteiger partial charge < -0.3 is 11.1 Å². The average molecular weight is 313 g/mol. The zero-order valence-corrected chi connectivity index (χ0v) is 13.5. The standard InChI is InChI=1S/C14H23N3O3S/c1-4-10-8-12(15)11(5-2)13(9-10)21(19,20)17-7-6-14(18)16-3/h8-9,17H,4-7,15H2,1-3H3,(H,16,18). The molecule has 0 saturated carbocycles. The van der Waals surface area contributed by atoms with Gasteiger partial charge in [-0.2, -0.15) is 0 Å². The summed E-state index contributed by atoms with van der Waals surface area (Å²) in [7, 11) is -2.16.